The molecule has 1 aromatic rings. The molecule has 22 heavy (non-hydrogen) atoms. The highest BCUT2D eigenvalue weighted by Crippen LogP contribution is 2.36. The van der Waals surface area contributed by atoms with Crippen molar-refractivity contribution in [3.05, 3.63) is 34.4 Å². The normalized spacial score (nSPS) is 22.6. The highest BCUT2D eigenvalue weighted by Gasteiger charge is 2.46. The van der Waals surface area contributed by atoms with Gasteiger partial charge in [-0.2, -0.15) is 0 Å². The lowest BCUT2D eigenvalue weighted by Gasteiger charge is -2.27. The SMILES string of the molecule is CCOC(=O)[C@@]1(NC(C)=O)Cc2cc3c(cc2C1)CSOC3. The molecule has 1 aromatic carbocycles. The van der Waals surface area contributed by atoms with Crippen LogP contribution in [-0.2, 0) is 43.7 Å². The number of ether oxygens (including phenoxy) is 1. The first kappa shape index (κ1) is 15.4. The lowest BCUT2D eigenvalue weighted by Crippen LogP contribution is -2.55. The standard InChI is InChI=1S/C16H19NO4S/c1-3-20-15(19)16(17-10(2)18)6-11-4-13-8-21-22-9-14(13)5-12(11)7-16/h4-5H,3,6-9H2,1-2H3,(H,17,18)/t16-/m1/s1. The summed E-state index contributed by atoms with van der Waals surface area (Å²) >= 11 is 1.45. The lowest BCUT2D eigenvalue weighted by molar-refractivity contribution is -0.152. The van der Waals surface area contributed by atoms with E-state index in [1.165, 1.54) is 30.1 Å². The van der Waals surface area contributed by atoms with Crippen LogP contribution in [-0.4, -0.2) is 24.0 Å². The van der Waals surface area contributed by atoms with Crippen molar-refractivity contribution in [1.82, 2.24) is 5.32 Å². The van der Waals surface area contributed by atoms with E-state index in [4.69, 9.17) is 8.92 Å². The van der Waals surface area contributed by atoms with Crippen LogP contribution in [0.25, 0.3) is 0 Å². The fraction of sp³-hybridized carbons (Fsp3) is 0.500. The molecule has 0 aromatic heterocycles. The van der Waals surface area contributed by atoms with Gasteiger partial charge in [0.25, 0.3) is 0 Å². The van der Waals surface area contributed by atoms with E-state index in [1.54, 1.807) is 6.92 Å². The first-order valence-corrected chi connectivity index (χ1v) is 8.29. The number of fused-ring (bicyclic) bond motifs is 2. The van der Waals surface area contributed by atoms with Gasteiger partial charge in [0, 0.05) is 25.5 Å². The molecular formula is C16H19NO4S. The average Bonchev–Trinajstić information content (AvgIpc) is 2.82. The predicted molar refractivity (Wildman–Crippen MR) is 83.1 cm³/mol. The van der Waals surface area contributed by atoms with Gasteiger partial charge in [0.15, 0.2) is 0 Å². The Hall–Kier alpha value is -1.53. The molecule has 1 aliphatic heterocycles. The third kappa shape index (κ3) is 2.73. The molecule has 2 aliphatic rings. The molecule has 1 aliphatic carbocycles. The topological polar surface area (TPSA) is 64.6 Å². The van der Waals surface area contributed by atoms with E-state index in [0.29, 0.717) is 26.1 Å². The Labute approximate surface area is 134 Å². The van der Waals surface area contributed by atoms with Crippen LogP contribution in [0.1, 0.15) is 36.1 Å². The predicted octanol–water partition coefficient (Wildman–Crippen LogP) is 1.90. The summed E-state index contributed by atoms with van der Waals surface area (Å²) < 4.78 is 10.6. The molecule has 1 atom stereocenters. The fourth-order valence-electron chi connectivity index (χ4n) is 3.20. The number of amides is 1. The zero-order chi connectivity index (χ0) is 15.7. The van der Waals surface area contributed by atoms with Crippen molar-refractivity contribution in [2.75, 3.05) is 6.61 Å². The van der Waals surface area contributed by atoms with Crippen LogP contribution in [0.4, 0.5) is 0 Å². The molecule has 0 spiro atoms. The lowest BCUT2D eigenvalue weighted by atomic mass is 9.95. The molecule has 3 rings (SSSR count). The minimum Gasteiger partial charge on any atom is -0.464 e. The molecule has 0 saturated heterocycles. The molecule has 1 heterocycles. The zero-order valence-electron chi connectivity index (χ0n) is 12.7. The third-order valence-corrected chi connectivity index (χ3v) is 4.81. The maximum absolute atomic E-state index is 12.4. The first-order chi connectivity index (χ1) is 10.5. The average molecular weight is 321 g/mol. The van der Waals surface area contributed by atoms with Crippen molar-refractivity contribution in [3.8, 4) is 0 Å². The minimum atomic E-state index is -0.970. The number of nitrogens with one attached hydrogen (secondary N) is 1. The zero-order valence-corrected chi connectivity index (χ0v) is 13.5. The number of benzene rings is 1. The largest absolute Gasteiger partial charge is 0.464 e. The second-order valence-electron chi connectivity index (χ2n) is 5.75. The molecule has 1 amide bonds. The van der Waals surface area contributed by atoms with E-state index in [1.807, 2.05) is 0 Å². The van der Waals surface area contributed by atoms with E-state index < -0.39 is 5.54 Å². The fourth-order valence-corrected chi connectivity index (χ4v) is 3.89. The smallest absolute Gasteiger partial charge is 0.332 e. The van der Waals surface area contributed by atoms with E-state index in [0.717, 1.165) is 16.9 Å². The summed E-state index contributed by atoms with van der Waals surface area (Å²) in [4.78, 5) is 24.0. The number of carbonyl (C=O) groups excluding carboxylic acids is 2. The Bertz CT molecular complexity index is 594. The Kier molecular flexibility index (Phi) is 4.14. The summed E-state index contributed by atoms with van der Waals surface area (Å²) in [5, 5.41) is 2.83. The van der Waals surface area contributed by atoms with Gasteiger partial charge in [0.2, 0.25) is 5.91 Å². The van der Waals surface area contributed by atoms with Crippen LogP contribution >= 0.6 is 12.0 Å². The molecule has 5 nitrogen and oxygen atoms in total. The summed E-state index contributed by atoms with van der Waals surface area (Å²) in [5.41, 5.74) is 3.65. The van der Waals surface area contributed by atoms with Crippen molar-refractivity contribution < 1.29 is 18.5 Å². The van der Waals surface area contributed by atoms with Crippen LogP contribution < -0.4 is 5.32 Å². The molecular weight excluding hydrogens is 302 g/mol. The van der Waals surface area contributed by atoms with Crippen molar-refractivity contribution >= 4 is 23.9 Å². The van der Waals surface area contributed by atoms with Gasteiger partial charge < -0.3 is 14.2 Å². The van der Waals surface area contributed by atoms with Crippen molar-refractivity contribution in [2.45, 2.75) is 44.6 Å². The Balaban J connectivity index is 1.94. The van der Waals surface area contributed by atoms with E-state index >= 15 is 0 Å². The van der Waals surface area contributed by atoms with Gasteiger partial charge >= 0.3 is 5.97 Å². The maximum atomic E-state index is 12.4. The molecule has 0 bridgehead atoms. The van der Waals surface area contributed by atoms with Crippen LogP contribution in [0.15, 0.2) is 12.1 Å². The van der Waals surface area contributed by atoms with Crippen LogP contribution in [0, 0.1) is 0 Å². The summed E-state index contributed by atoms with van der Waals surface area (Å²) in [5.74, 6) is 0.240. The number of hydrogen-bond donors (Lipinski definition) is 1. The number of hydrogen-bond acceptors (Lipinski definition) is 5. The van der Waals surface area contributed by atoms with Gasteiger partial charge in [-0.3, -0.25) is 4.79 Å². The van der Waals surface area contributed by atoms with Crippen molar-refractivity contribution in [3.63, 3.8) is 0 Å². The minimum absolute atomic E-state index is 0.218. The van der Waals surface area contributed by atoms with E-state index in [2.05, 4.69) is 17.4 Å². The highest BCUT2D eigenvalue weighted by atomic mass is 32.2. The van der Waals surface area contributed by atoms with Crippen LogP contribution in [0.3, 0.4) is 0 Å². The molecule has 118 valence electrons. The second-order valence-corrected chi connectivity index (χ2v) is 6.51. The van der Waals surface area contributed by atoms with Gasteiger partial charge in [0.05, 0.1) is 13.2 Å². The van der Waals surface area contributed by atoms with Crippen molar-refractivity contribution in [2.24, 2.45) is 0 Å². The van der Waals surface area contributed by atoms with Crippen LogP contribution in [0.2, 0.25) is 0 Å². The maximum Gasteiger partial charge on any atom is 0.332 e. The van der Waals surface area contributed by atoms with Gasteiger partial charge in [0.1, 0.15) is 5.54 Å². The molecule has 0 saturated carbocycles. The number of esters is 1. The second kappa shape index (κ2) is 5.93. The van der Waals surface area contributed by atoms with E-state index in [9.17, 15) is 9.59 Å². The molecule has 6 heteroatoms. The number of carbonyl (C=O) groups is 2. The third-order valence-electron chi connectivity index (χ3n) is 4.10. The molecule has 0 radical (unpaired) electrons. The monoisotopic (exact) mass is 321 g/mol. The van der Waals surface area contributed by atoms with Crippen LogP contribution in [0.5, 0.6) is 0 Å². The quantitative estimate of drug-likeness (QED) is 0.680. The van der Waals surface area contributed by atoms with Gasteiger partial charge in [-0.25, -0.2) is 4.79 Å². The molecule has 0 unspecified atom stereocenters. The van der Waals surface area contributed by atoms with E-state index in [-0.39, 0.29) is 11.9 Å². The van der Waals surface area contributed by atoms with Crippen molar-refractivity contribution in [1.29, 1.82) is 0 Å². The summed E-state index contributed by atoms with van der Waals surface area (Å²) in [6, 6.07) is 4.25. The highest BCUT2D eigenvalue weighted by molar-refractivity contribution is 7.93. The Morgan fingerprint density at radius 3 is 2.59 bits per heavy atom. The number of rotatable bonds is 3. The first-order valence-electron chi connectivity index (χ1n) is 7.38. The summed E-state index contributed by atoms with van der Waals surface area (Å²) in [6.45, 7) is 4.09. The summed E-state index contributed by atoms with van der Waals surface area (Å²) in [6.07, 6.45) is 0.959. The van der Waals surface area contributed by atoms with Gasteiger partial charge in [-0.1, -0.05) is 12.1 Å². The molecule has 1 N–H and O–H groups in total. The Morgan fingerprint density at radius 2 is 1.95 bits per heavy atom. The summed E-state index contributed by atoms with van der Waals surface area (Å²) in [7, 11) is 0. The Morgan fingerprint density at radius 1 is 1.27 bits per heavy atom. The van der Waals surface area contributed by atoms with Gasteiger partial charge in [-0.15, -0.1) is 0 Å². The molecule has 0 fully saturated rings. The van der Waals surface area contributed by atoms with Gasteiger partial charge in [-0.05, 0) is 41.2 Å².